The number of hydrogen-bond acceptors (Lipinski definition) is 4. The van der Waals surface area contributed by atoms with E-state index in [4.69, 9.17) is 16.3 Å². The summed E-state index contributed by atoms with van der Waals surface area (Å²) >= 11 is 5.91. The first-order valence-corrected chi connectivity index (χ1v) is 5.77. The van der Waals surface area contributed by atoms with Crippen molar-refractivity contribution >= 4 is 17.6 Å². The lowest BCUT2D eigenvalue weighted by Gasteiger charge is -2.25. The molecule has 5 nitrogen and oxygen atoms in total. The molecule has 0 bridgehead atoms. The van der Waals surface area contributed by atoms with Crippen molar-refractivity contribution in [1.82, 2.24) is 15.1 Å². The smallest absolute Gasteiger partial charge is 0.325 e. The van der Waals surface area contributed by atoms with E-state index >= 15 is 0 Å². The Bertz CT molecular complexity index is 386. The number of esters is 1. The molecule has 0 saturated carbocycles. The molecule has 1 heterocycles. The zero-order valence-corrected chi connectivity index (χ0v) is 11.3. The van der Waals surface area contributed by atoms with Crippen molar-refractivity contribution in [3.05, 3.63) is 16.9 Å². The van der Waals surface area contributed by atoms with Gasteiger partial charge in [0.05, 0.1) is 17.8 Å². The average Bonchev–Trinajstić information content (AvgIpc) is 2.64. The van der Waals surface area contributed by atoms with E-state index in [1.54, 1.807) is 24.9 Å². The fourth-order valence-electron chi connectivity index (χ4n) is 1.50. The van der Waals surface area contributed by atoms with Gasteiger partial charge in [0.15, 0.2) is 0 Å². The van der Waals surface area contributed by atoms with Gasteiger partial charge in [0.2, 0.25) is 0 Å². The largest absolute Gasteiger partial charge is 0.468 e. The first-order chi connectivity index (χ1) is 7.92. The number of likely N-dealkylation sites (N-methyl/N-ethyl adjacent to an activating group) is 1. The van der Waals surface area contributed by atoms with Crippen LogP contribution >= 0.6 is 11.6 Å². The summed E-state index contributed by atoms with van der Waals surface area (Å²) in [6, 6.07) is 0. The highest BCUT2D eigenvalue weighted by molar-refractivity contribution is 6.31. The Morgan fingerprint density at radius 3 is 2.76 bits per heavy atom. The molecular formula is C11H18ClN3O2. The summed E-state index contributed by atoms with van der Waals surface area (Å²) in [5.74, 6) is -0.282. The van der Waals surface area contributed by atoms with Crippen LogP contribution < -0.4 is 5.32 Å². The number of carbonyl (C=O) groups is 1. The third kappa shape index (κ3) is 3.20. The summed E-state index contributed by atoms with van der Waals surface area (Å²) < 4.78 is 6.50. The van der Waals surface area contributed by atoms with E-state index < -0.39 is 5.54 Å². The van der Waals surface area contributed by atoms with Gasteiger partial charge in [0.1, 0.15) is 5.54 Å². The number of nitrogens with one attached hydrogen (secondary N) is 1. The van der Waals surface area contributed by atoms with Gasteiger partial charge in [-0.05, 0) is 27.3 Å². The number of ether oxygens (including phenoxy) is 1. The molecule has 6 heteroatoms. The summed E-state index contributed by atoms with van der Waals surface area (Å²) in [5, 5.41) is 7.84. The zero-order valence-electron chi connectivity index (χ0n) is 10.6. The van der Waals surface area contributed by atoms with Crippen molar-refractivity contribution in [1.29, 1.82) is 0 Å². The van der Waals surface area contributed by atoms with Crippen molar-refractivity contribution < 1.29 is 9.53 Å². The van der Waals surface area contributed by atoms with Crippen LogP contribution in [-0.4, -0.2) is 35.4 Å². The molecule has 1 unspecified atom stereocenters. The predicted octanol–water partition coefficient (Wildman–Crippen LogP) is 1.39. The van der Waals surface area contributed by atoms with E-state index in [0.29, 0.717) is 18.0 Å². The quantitative estimate of drug-likeness (QED) is 0.812. The molecule has 0 saturated heterocycles. The lowest BCUT2D eigenvalue weighted by atomic mass is 9.98. The number of nitrogens with zero attached hydrogens (tertiary/aromatic N) is 2. The zero-order chi connectivity index (χ0) is 13.1. The normalized spacial score (nSPS) is 14.4. The van der Waals surface area contributed by atoms with E-state index in [2.05, 4.69) is 10.4 Å². The highest BCUT2D eigenvalue weighted by Gasteiger charge is 2.32. The molecule has 0 aliphatic heterocycles. The second kappa shape index (κ2) is 5.51. The van der Waals surface area contributed by atoms with E-state index in [1.807, 2.05) is 6.92 Å². The number of rotatable bonds is 5. The third-order valence-corrected chi connectivity index (χ3v) is 3.29. The van der Waals surface area contributed by atoms with Gasteiger partial charge in [-0.3, -0.25) is 9.48 Å². The van der Waals surface area contributed by atoms with Crippen LogP contribution in [0, 0.1) is 6.92 Å². The maximum Gasteiger partial charge on any atom is 0.325 e. The van der Waals surface area contributed by atoms with Crippen LogP contribution in [0.2, 0.25) is 5.02 Å². The van der Waals surface area contributed by atoms with Crippen molar-refractivity contribution in [2.45, 2.75) is 32.4 Å². The molecule has 1 aromatic heterocycles. The van der Waals surface area contributed by atoms with Crippen LogP contribution in [-0.2, 0) is 16.1 Å². The number of aryl methyl sites for hydroxylation is 2. The molecule has 0 spiro atoms. The topological polar surface area (TPSA) is 56.2 Å². The summed E-state index contributed by atoms with van der Waals surface area (Å²) in [6.07, 6.45) is 2.33. The maximum absolute atomic E-state index is 11.6. The summed E-state index contributed by atoms with van der Waals surface area (Å²) in [4.78, 5) is 11.6. The standard InChI is InChI=1S/C11H18ClN3O2/c1-8-9(12)7-15(14-8)6-5-11(2,13-3)10(16)17-4/h7,13H,5-6H2,1-4H3. The second-order valence-electron chi connectivity index (χ2n) is 4.15. The van der Waals surface area contributed by atoms with Crippen molar-refractivity contribution in [3.8, 4) is 0 Å². The van der Waals surface area contributed by atoms with Gasteiger partial charge in [-0.2, -0.15) is 5.10 Å². The summed E-state index contributed by atoms with van der Waals surface area (Å²) in [5.41, 5.74) is 0.0806. The first-order valence-electron chi connectivity index (χ1n) is 5.40. The molecule has 1 aromatic rings. The van der Waals surface area contributed by atoms with Crippen LogP contribution in [0.25, 0.3) is 0 Å². The Kier molecular flexibility index (Phi) is 4.54. The van der Waals surface area contributed by atoms with E-state index in [-0.39, 0.29) is 5.97 Å². The lowest BCUT2D eigenvalue weighted by Crippen LogP contribution is -2.49. The predicted molar refractivity (Wildman–Crippen MR) is 66.1 cm³/mol. The van der Waals surface area contributed by atoms with Gasteiger partial charge in [0.25, 0.3) is 0 Å². The molecule has 1 rings (SSSR count). The first kappa shape index (κ1) is 14.0. The molecule has 0 aliphatic rings. The average molecular weight is 260 g/mol. The molecule has 0 fully saturated rings. The minimum absolute atomic E-state index is 0.282. The summed E-state index contributed by atoms with van der Waals surface area (Å²) in [7, 11) is 3.12. The van der Waals surface area contributed by atoms with Crippen LogP contribution in [0.15, 0.2) is 6.20 Å². The van der Waals surface area contributed by atoms with Crippen LogP contribution in [0.5, 0.6) is 0 Å². The minimum Gasteiger partial charge on any atom is -0.468 e. The maximum atomic E-state index is 11.6. The Labute approximate surface area is 106 Å². The van der Waals surface area contributed by atoms with Crippen molar-refractivity contribution in [2.24, 2.45) is 0 Å². The van der Waals surface area contributed by atoms with Gasteiger partial charge >= 0.3 is 5.97 Å². The molecule has 0 aromatic carbocycles. The third-order valence-electron chi connectivity index (χ3n) is 2.92. The molecule has 0 aliphatic carbocycles. The van der Waals surface area contributed by atoms with Gasteiger partial charge in [-0.1, -0.05) is 11.6 Å². The Morgan fingerprint density at radius 1 is 1.71 bits per heavy atom. The fourth-order valence-corrected chi connectivity index (χ4v) is 1.65. The van der Waals surface area contributed by atoms with E-state index in [0.717, 1.165) is 5.69 Å². The fraction of sp³-hybridized carbons (Fsp3) is 0.636. The Hall–Kier alpha value is -1.07. The van der Waals surface area contributed by atoms with Crippen LogP contribution in [0.1, 0.15) is 19.0 Å². The second-order valence-corrected chi connectivity index (χ2v) is 4.56. The van der Waals surface area contributed by atoms with E-state index in [1.165, 1.54) is 7.11 Å². The van der Waals surface area contributed by atoms with E-state index in [9.17, 15) is 4.79 Å². The lowest BCUT2D eigenvalue weighted by molar-refractivity contribution is -0.148. The van der Waals surface area contributed by atoms with Crippen LogP contribution in [0.3, 0.4) is 0 Å². The number of hydrogen-bond donors (Lipinski definition) is 1. The SMILES string of the molecule is CNC(C)(CCn1cc(Cl)c(C)n1)C(=O)OC. The Morgan fingerprint density at radius 2 is 2.35 bits per heavy atom. The molecular weight excluding hydrogens is 242 g/mol. The summed E-state index contributed by atoms with van der Waals surface area (Å²) in [6.45, 7) is 4.24. The minimum atomic E-state index is -0.707. The molecule has 17 heavy (non-hydrogen) atoms. The van der Waals surface area contributed by atoms with Crippen molar-refractivity contribution in [3.63, 3.8) is 0 Å². The molecule has 1 N–H and O–H groups in total. The van der Waals surface area contributed by atoms with Gasteiger partial charge in [0, 0.05) is 12.7 Å². The Balaban J connectivity index is 2.68. The van der Waals surface area contributed by atoms with Crippen LogP contribution in [0.4, 0.5) is 0 Å². The molecule has 0 amide bonds. The number of aromatic nitrogens is 2. The number of halogens is 1. The highest BCUT2D eigenvalue weighted by atomic mass is 35.5. The monoisotopic (exact) mass is 259 g/mol. The number of carbonyl (C=O) groups excluding carboxylic acids is 1. The molecule has 1 atom stereocenters. The number of methoxy groups -OCH3 is 1. The van der Waals surface area contributed by atoms with Gasteiger partial charge in [-0.15, -0.1) is 0 Å². The molecule has 0 radical (unpaired) electrons. The highest BCUT2D eigenvalue weighted by Crippen LogP contribution is 2.16. The van der Waals surface area contributed by atoms with Gasteiger partial charge in [-0.25, -0.2) is 0 Å². The van der Waals surface area contributed by atoms with Crippen molar-refractivity contribution in [2.75, 3.05) is 14.2 Å². The van der Waals surface area contributed by atoms with Gasteiger partial charge < -0.3 is 10.1 Å². The molecule has 96 valence electrons.